The van der Waals surface area contributed by atoms with Gasteiger partial charge in [0, 0.05) is 26.2 Å². The number of rotatable bonds is 2. The Labute approximate surface area is 111 Å². The average molecular weight is 270 g/mol. The maximum Gasteiger partial charge on any atom is 0.255 e. The van der Waals surface area contributed by atoms with Gasteiger partial charge in [-0.25, -0.2) is 0 Å². The van der Waals surface area contributed by atoms with E-state index in [0.717, 1.165) is 6.54 Å². The van der Waals surface area contributed by atoms with Crippen LogP contribution in [0.4, 0.5) is 0 Å². The Balaban J connectivity index is 2.26. The smallest absolute Gasteiger partial charge is 0.255 e. The van der Waals surface area contributed by atoms with Crippen molar-refractivity contribution < 1.29 is 9.90 Å². The molecule has 1 atom stereocenters. The Morgan fingerprint density at radius 2 is 2.39 bits per heavy atom. The van der Waals surface area contributed by atoms with E-state index in [-0.39, 0.29) is 17.7 Å². The molecule has 2 rings (SSSR count). The van der Waals surface area contributed by atoms with Gasteiger partial charge in [-0.2, -0.15) is 0 Å². The summed E-state index contributed by atoms with van der Waals surface area (Å²) >= 11 is 6.00. The molecule has 0 bridgehead atoms. The Morgan fingerprint density at radius 1 is 1.61 bits per heavy atom. The topological polar surface area (TPSA) is 78.6 Å². The van der Waals surface area contributed by atoms with Crippen molar-refractivity contribution in [3.63, 3.8) is 0 Å². The maximum atomic E-state index is 12.4. The van der Waals surface area contributed by atoms with Crippen LogP contribution in [0.15, 0.2) is 18.2 Å². The molecule has 1 aromatic carbocycles. The highest BCUT2D eigenvalue weighted by Crippen LogP contribution is 2.23. The fourth-order valence-corrected chi connectivity index (χ4v) is 2.27. The van der Waals surface area contributed by atoms with Crippen molar-refractivity contribution in [2.75, 3.05) is 26.2 Å². The molecule has 1 saturated heterocycles. The number of phenolic OH excluding ortho intramolecular Hbond substituents is 1. The lowest BCUT2D eigenvalue weighted by atomic mass is 10.1. The summed E-state index contributed by atoms with van der Waals surface area (Å²) in [6.45, 7) is 2.40. The summed E-state index contributed by atoms with van der Waals surface area (Å²) in [6, 6.07) is 4.33. The van der Waals surface area contributed by atoms with Gasteiger partial charge < -0.3 is 21.1 Å². The van der Waals surface area contributed by atoms with Gasteiger partial charge in [-0.05, 0) is 18.2 Å². The van der Waals surface area contributed by atoms with Crippen molar-refractivity contribution in [2.24, 2.45) is 5.73 Å². The van der Waals surface area contributed by atoms with Gasteiger partial charge in [0.1, 0.15) is 5.75 Å². The second-order valence-electron chi connectivity index (χ2n) is 4.26. The SMILES string of the molecule is NCC1CNCCN1C(=O)c1cc(O)ccc1Cl. The highest BCUT2D eigenvalue weighted by molar-refractivity contribution is 6.33. The van der Waals surface area contributed by atoms with E-state index < -0.39 is 0 Å². The number of piperazine rings is 1. The van der Waals surface area contributed by atoms with E-state index in [4.69, 9.17) is 17.3 Å². The lowest BCUT2D eigenvalue weighted by Crippen LogP contribution is -2.56. The minimum Gasteiger partial charge on any atom is -0.508 e. The number of nitrogens with one attached hydrogen (secondary N) is 1. The number of aromatic hydroxyl groups is 1. The quantitative estimate of drug-likeness (QED) is 0.727. The number of hydrogen-bond donors (Lipinski definition) is 3. The number of amides is 1. The van der Waals surface area contributed by atoms with Crippen LogP contribution in [-0.4, -0.2) is 48.1 Å². The van der Waals surface area contributed by atoms with Crippen molar-refractivity contribution in [3.05, 3.63) is 28.8 Å². The molecule has 1 unspecified atom stereocenters. The molecule has 98 valence electrons. The van der Waals surface area contributed by atoms with E-state index in [9.17, 15) is 9.90 Å². The molecular formula is C12H16ClN3O2. The first-order valence-electron chi connectivity index (χ1n) is 5.83. The van der Waals surface area contributed by atoms with Gasteiger partial charge in [0.05, 0.1) is 16.6 Å². The van der Waals surface area contributed by atoms with Gasteiger partial charge in [0.2, 0.25) is 0 Å². The molecule has 0 aliphatic carbocycles. The molecule has 1 aromatic rings. The van der Waals surface area contributed by atoms with E-state index in [1.807, 2.05) is 0 Å². The summed E-state index contributed by atoms with van der Waals surface area (Å²) in [7, 11) is 0. The maximum absolute atomic E-state index is 12.4. The minimum atomic E-state index is -0.187. The highest BCUT2D eigenvalue weighted by atomic mass is 35.5. The van der Waals surface area contributed by atoms with Gasteiger partial charge in [0.25, 0.3) is 5.91 Å². The minimum absolute atomic E-state index is 0.0298. The van der Waals surface area contributed by atoms with Crippen LogP contribution in [0.3, 0.4) is 0 Å². The Bertz CT molecular complexity index is 453. The summed E-state index contributed by atoms with van der Waals surface area (Å²) in [5.41, 5.74) is 5.98. The Morgan fingerprint density at radius 3 is 3.11 bits per heavy atom. The van der Waals surface area contributed by atoms with Crippen molar-refractivity contribution in [1.82, 2.24) is 10.2 Å². The van der Waals surface area contributed by atoms with Crippen LogP contribution in [0.25, 0.3) is 0 Å². The fraction of sp³-hybridized carbons (Fsp3) is 0.417. The Hall–Kier alpha value is -1.30. The second-order valence-corrected chi connectivity index (χ2v) is 4.66. The van der Waals surface area contributed by atoms with Crippen LogP contribution in [0.5, 0.6) is 5.75 Å². The van der Waals surface area contributed by atoms with Crippen molar-refractivity contribution in [2.45, 2.75) is 6.04 Å². The van der Waals surface area contributed by atoms with Gasteiger partial charge in [-0.3, -0.25) is 4.79 Å². The summed E-state index contributed by atoms with van der Waals surface area (Å²) in [6.07, 6.45) is 0. The van der Waals surface area contributed by atoms with Gasteiger partial charge >= 0.3 is 0 Å². The number of halogens is 1. The molecule has 4 N–H and O–H groups in total. The first kappa shape index (κ1) is 13.1. The van der Waals surface area contributed by atoms with Crippen molar-refractivity contribution in [1.29, 1.82) is 0 Å². The second kappa shape index (κ2) is 5.56. The van der Waals surface area contributed by atoms with Gasteiger partial charge in [0.15, 0.2) is 0 Å². The lowest BCUT2D eigenvalue weighted by molar-refractivity contribution is 0.0644. The summed E-state index contributed by atoms with van der Waals surface area (Å²) in [5.74, 6) is -0.157. The molecule has 18 heavy (non-hydrogen) atoms. The molecule has 5 nitrogen and oxygen atoms in total. The zero-order valence-corrected chi connectivity index (χ0v) is 10.7. The molecule has 1 heterocycles. The number of benzene rings is 1. The third-order valence-corrected chi connectivity index (χ3v) is 3.39. The predicted octanol–water partition coefficient (Wildman–Crippen LogP) is 0.418. The van der Waals surface area contributed by atoms with E-state index in [0.29, 0.717) is 30.2 Å². The number of nitrogens with two attached hydrogens (primary N) is 1. The first-order chi connectivity index (χ1) is 8.63. The van der Waals surface area contributed by atoms with E-state index in [2.05, 4.69) is 5.32 Å². The van der Waals surface area contributed by atoms with Crippen LogP contribution in [0.2, 0.25) is 5.02 Å². The highest BCUT2D eigenvalue weighted by Gasteiger charge is 2.27. The summed E-state index contributed by atoms with van der Waals surface area (Å²) in [4.78, 5) is 14.1. The zero-order chi connectivity index (χ0) is 13.1. The third kappa shape index (κ3) is 2.58. The van der Waals surface area contributed by atoms with Crippen LogP contribution >= 0.6 is 11.6 Å². The molecule has 0 radical (unpaired) electrons. The number of carbonyl (C=O) groups excluding carboxylic acids is 1. The lowest BCUT2D eigenvalue weighted by Gasteiger charge is -2.35. The molecule has 0 spiro atoms. The molecule has 1 amide bonds. The molecule has 0 aromatic heterocycles. The summed E-state index contributed by atoms with van der Waals surface area (Å²) < 4.78 is 0. The van der Waals surface area contributed by atoms with Crippen LogP contribution in [0, 0.1) is 0 Å². The van der Waals surface area contributed by atoms with Crippen molar-refractivity contribution >= 4 is 17.5 Å². The van der Waals surface area contributed by atoms with Crippen LogP contribution < -0.4 is 11.1 Å². The number of phenols is 1. The standard InChI is InChI=1S/C12H16ClN3O2/c13-11-2-1-9(17)5-10(11)12(18)16-4-3-15-7-8(16)6-14/h1-2,5,8,15,17H,3-4,6-7,14H2. The number of hydrogen-bond acceptors (Lipinski definition) is 4. The number of carbonyl (C=O) groups is 1. The summed E-state index contributed by atoms with van der Waals surface area (Å²) in [5, 5.41) is 13.0. The molecule has 1 aliphatic heterocycles. The van der Waals surface area contributed by atoms with E-state index >= 15 is 0 Å². The molecule has 6 heteroatoms. The predicted molar refractivity (Wildman–Crippen MR) is 69.9 cm³/mol. The van der Waals surface area contributed by atoms with Gasteiger partial charge in [-0.15, -0.1) is 0 Å². The van der Waals surface area contributed by atoms with Crippen molar-refractivity contribution in [3.8, 4) is 5.75 Å². The fourth-order valence-electron chi connectivity index (χ4n) is 2.07. The van der Waals surface area contributed by atoms with Crippen LogP contribution in [0.1, 0.15) is 10.4 Å². The molecule has 0 saturated carbocycles. The average Bonchev–Trinajstić information content (AvgIpc) is 2.40. The zero-order valence-electron chi connectivity index (χ0n) is 9.90. The third-order valence-electron chi connectivity index (χ3n) is 3.06. The molecule has 1 fully saturated rings. The van der Waals surface area contributed by atoms with E-state index in [1.165, 1.54) is 18.2 Å². The molecule has 1 aliphatic rings. The normalized spacial score (nSPS) is 19.9. The monoisotopic (exact) mass is 269 g/mol. The largest absolute Gasteiger partial charge is 0.508 e. The number of nitrogens with zero attached hydrogens (tertiary/aromatic N) is 1. The van der Waals surface area contributed by atoms with E-state index in [1.54, 1.807) is 4.90 Å². The molecular weight excluding hydrogens is 254 g/mol. The van der Waals surface area contributed by atoms with Crippen LogP contribution in [-0.2, 0) is 0 Å². The van der Waals surface area contributed by atoms with Gasteiger partial charge in [-0.1, -0.05) is 11.6 Å². The Kier molecular flexibility index (Phi) is 4.06. The first-order valence-corrected chi connectivity index (χ1v) is 6.21.